The highest BCUT2D eigenvalue weighted by atomic mass is 15.7. The van der Waals surface area contributed by atoms with E-state index in [0.29, 0.717) is 0 Å². The Morgan fingerprint density at radius 1 is 1.20 bits per heavy atom. The van der Waals surface area contributed by atoms with Gasteiger partial charge in [0.15, 0.2) is 0 Å². The lowest BCUT2D eigenvalue weighted by atomic mass is 10.1. The fourth-order valence-corrected chi connectivity index (χ4v) is 1.04. The average Bonchev–Trinajstić information content (AvgIpc) is 1.88. The number of benzene rings is 1. The van der Waals surface area contributed by atoms with Gasteiger partial charge in [0, 0.05) is 0 Å². The van der Waals surface area contributed by atoms with Crippen molar-refractivity contribution in [2.24, 2.45) is 5.84 Å². The van der Waals surface area contributed by atoms with Crippen molar-refractivity contribution in [1.82, 2.24) is 0 Å². The van der Waals surface area contributed by atoms with E-state index in [9.17, 15) is 0 Å². The first-order valence-corrected chi connectivity index (χ1v) is 3.28. The molecule has 0 fully saturated rings. The van der Waals surface area contributed by atoms with E-state index in [1.165, 1.54) is 11.1 Å². The van der Waals surface area contributed by atoms with Crippen molar-refractivity contribution in [2.75, 3.05) is 5.43 Å². The molecular weight excluding hydrogens is 125 g/mol. The van der Waals surface area contributed by atoms with Gasteiger partial charge in [-0.05, 0) is 25.0 Å². The second kappa shape index (κ2) is 2.71. The lowest BCUT2D eigenvalue weighted by molar-refractivity contribution is 1.27. The van der Waals surface area contributed by atoms with Crippen molar-refractivity contribution in [2.45, 2.75) is 13.8 Å². The minimum absolute atomic E-state index is 1.03. The Bertz CT molecular complexity index is 210. The summed E-state index contributed by atoms with van der Waals surface area (Å²) in [4.78, 5) is 0. The molecule has 0 aliphatic heterocycles. The molecule has 0 unspecified atom stereocenters. The molecule has 0 aliphatic carbocycles. The number of nitrogens with two attached hydrogens (primary N) is 1. The molecular formula is C8H12N2. The molecule has 0 bridgehead atoms. The number of nitrogen functional groups attached to an aromatic ring is 1. The Kier molecular flexibility index (Phi) is 1.92. The summed E-state index contributed by atoms with van der Waals surface area (Å²) in [5, 5.41) is 0. The van der Waals surface area contributed by atoms with Gasteiger partial charge in [0.1, 0.15) is 0 Å². The summed E-state index contributed by atoms with van der Waals surface area (Å²) in [7, 11) is 0. The SMILES string of the molecule is Cc1cccc(C)c1N[15NH2]. The summed E-state index contributed by atoms with van der Waals surface area (Å²) in [6.45, 7) is 4.06. The van der Waals surface area contributed by atoms with Crippen LogP contribution < -0.4 is 11.3 Å². The molecule has 3 N–H and O–H groups in total. The Labute approximate surface area is 61.0 Å². The molecule has 0 radical (unpaired) electrons. The average molecular weight is 137 g/mol. The molecule has 2 heteroatoms. The van der Waals surface area contributed by atoms with Crippen LogP contribution in [0.3, 0.4) is 0 Å². The van der Waals surface area contributed by atoms with Crippen molar-refractivity contribution in [3.63, 3.8) is 0 Å². The molecule has 0 aromatic heterocycles. The first-order valence-electron chi connectivity index (χ1n) is 3.28. The first-order chi connectivity index (χ1) is 4.75. The van der Waals surface area contributed by atoms with Gasteiger partial charge < -0.3 is 5.43 Å². The van der Waals surface area contributed by atoms with Gasteiger partial charge >= 0.3 is 0 Å². The number of nitrogens with one attached hydrogen (secondary N) is 1. The third kappa shape index (κ3) is 1.11. The van der Waals surface area contributed by atoms with Crippen LogP contribution >= 0.6 is 0 Å². The number of hydrogen-bond acceptors (Lipinski definition) is 2. The summed E-state index contributed by atoms with van der Waals surface area (Å²) in [5.74, 6) is 5.30. The highest BCUT2D eigenvalue weighted by molar-refractivity contribution is 5.55. The second-order valence-electron chi connectivity index (χ2n) is 2.41. The van der Waals surface area contributed by atoms with E-state index in [0.717, 1.165) is 5.69 Å². The number of rotatable bonds is 1. The molecule has 0 saturated heterocycles. The van der Waals surface area contributed by atoms with E-state index in [4.69, 9.17) is 5.84 Å². The van der Waals surface area contributed by atoms with Crippen LogP contribution in [0.2, 0.25) is 0 Å². The number of para-hydroxylation sites is 1. The predicted molar refractivity (Wildman–Crippen MR) is 43.7 cm³/mol. The van der Waals surface area contributed by atoms with Gasteiger partial charge in [-0.1, -0.05) is 18.2 Å². The molecule has 0 aliphatic rings. The van der Waals surface area contributed by atoms with E-state index in [1.807, 2.05) is 32.0 Å². The first kappa shape index (κ1) is 7.09. The number of hydrazine groups is 1. The van der Waals surface area contributed by atoms with Crippen LogP contribution in [0.25, 0.3) is 0 Å². The van der Waals surface area contributed by atoms with Gasteiger partial charge in [-0.15, -0.1) is 0 Å². The largest absolute Gasteiger partial charge is 0.324 e. The third-order valence-corrected chi connectivity index (χ3v) is 1.63. The maximum atomic E-state index is 5.30. The van der Waals surface area contributed by atoms with E-state index in [2.05, 4.69) is 5.43 Å². The molecule has 1 aromatic rings. The van der Waals surface area contributed by atoms with E-state index in [1.54, 1.807) is 0 Å². The van der Waals surface area contributed by atoms with Gasteiger partial charge in [0.05, 0.1) is 5.69 Å². The Balaban J connectivity index is 3.17. The van der Waals surface area contributed by atoms with Crippen molar-refractivity contribution < 1.29 is 0 Å². The van der Waals surface area contributed by atoms with Crippen LogP contribution in [0.1, 0.15) is 11.1 Å². The van der Waals surface area contributed by atoms with Gasteiger partial charge in [0.2, 0.25) is 0 Å². The number of aryl methyl sites for hydroxylation is 2. The topological polar surface area (TPSA) is 38.0 Å². The summed E-state index contributed by atoms with van der Waals surface area (Å²) in [6.07, 6.45) is 0. The van der Waals surface area contributed by atoms with Crippen molar-refractivity contribution >= 4 is 5.69 Å². The normalized spacial score (nSPS) is 9.50. The number of anilines is 1. The lowest BCUT2D eigenvalue weighted by Crippen LogP contribution is -2.09. The molecule has 54 valence electrons. The van der Waals surface area contributed by atoms with E-state index >= 15 is 0 Å². The second-order valence-corrected chi connectivity index (χ2v) is 2.41. The monoisotopic (exact) mass is 137 g/mol. The third-order valence-electron chi connectivity index (χ3n) is 1.63. The highest BCUT2D eigenvalue weighted by Crippen LogP contribution is 2.17. The summed E-state index contributed by atoms with van der Waals surface area (Å²) >= 11 is 0. The summed E-state index contributed by atoms with van der Waals surface area (Å²) < 4.78 is 0. The standard InChI is InChI=1S/C8H12N2/c1-6-4-3-5-7(2)8(6)10-9/h3-5,10H,9H2,1-2H3/i9+1. The maximum absolute atomic E-state index is 5.30. The van der Waals surface area contributed by atoms with E-state index < -0.39 is 0 Å². The van der Waals surface area contributed by atoms with Crippen LogP contribution in [-0.2, 0) is 0 Å². The maximum Gasteiger partial charge on any atom is 0.0543 e. The van der Waals surface area contributed by atoms with Crippen molar-refractivity contribution in [3.05, 3.63) is 29.3 Å². The Morgan fingerprint density at radius 3 is 2.00 bits per heavy atom. The quantitative estimate of drug-likeness (QED) is 0.350. The van der Waals surface area contributed by atoms with Gasteiger partial charge in [-0.3, -0.25) is 5.84 Å². The molecule has 1 aromatic carbocycles. The smallest absolute Gasteiger partial charge is 0.0543 e. The van der Waals surface area contributed by atoms with Crippen LogP contribution in [0, 0.1) is 13.8 Å². The molecule has 0 atom stereocenters. The molecule has 0 saturated carbocycles. The molecule has 0 heterocycles. The Hall–Kier alpha value is -1.02. The molecule has 0 amide bonds. The minimum Gasteiger partial charge on any atom is -0.324 e. The summed E-state index contributed by atoms with van der Waals surface area (Å²) in [5.41, 5.74) is 6.06. The van der Waals surface area contributed by atoms with Crippen LogP contribution in [0.5, 0.6) is 0 Å². The Morgan fingerprint density at radius 2 is 1.70 bits per heavy atom. The zero-order chi connectivity index (χ0) is 7.56. The van der Waals surface area contributed by atoms with Crippen LogP contribution in [-0.4, -0.2) is 0 Å². The van der Waals surface area contributed by atoms with Crippen molar-refractivity contribution in [3.8, 4) is 0 Å². The van der Waals surface area contributed by atoms with Gasteiger partial charge in [-0.25, -0.2) is 0 Å². The van der Waals surface area contributed by atoms with E-state index in [-0.39, 0.29) is 0 Å². The summed E-state index contributed by atoms with van der Waals surface area (Å²) in [6, 6.07) is 6.08. The lowest BCUT2D eigenvalue weighted by Gasteiger charge is -2.06. The van der Waals surface area contributed by atoms with Crippen molar-refractivity contribution in [1.29, 1.82) is 0 Å². The van der Waals surface area contributed by atoms with Gasteiger partial charge in [-0.2, -0.15) is 0 Å². The predicted octanol–water partition coefficient (Wildman–Crippen LogP) is 1.59. The zero-order valence-corrected chi connectivity index (χ0v) is 6.31. The van der Waals surface area contributed by atoms with Crippen LogP contribution in [0.15, 0.2) is 18.2 Å². The zero-order valence-electron chi connectivity index (χ0n) is 6.31. The minimum atomic E-state index is 1.03. The number of hydrogen-bond donors (Lipinski definition) is 2. The molecule has 0 spiro atoms. The van der Waals surface area contributed by atoms with Gasteiger partial charge in [0.25, 0.3) is 0 Å². The fraction of sp³-hybridized carbons (Fsp3) is 0.250. The fourth-order valence-electron chi connectivity index (χ4n) is 1.04. The highest BCUT2D eigenvalue weighted by Gasteiger charge is 1.96. The van der Waals surface area contributed by atoms with Crippen LogP contribution in [0.4, 0.5) is 5.69 Å². The molecule has 10 heavy (non-hydrogen) atoms. The molecule has 2 nitrogen and oxygen atoms in total. The molecule has 1 rings (SSSR count).